The van der Waals surface area contributed by atoms with Gasteiger partial charge < -0.3 is 4.74 Å². The second kappa shape index (κ2) is 4.80. The molecule has 0 aliphatic carbocycles. The van der Waals surface area contributed by atoms with E-state index in [-0.39, 0.29) is 0 Å². The Kier molecular flexibility index (Phi) is 2.97. The number of rotatable bonds is 2. The SMILES string of the molecule is c1ccc2c(c1)CC(CN1CCN3CCCC3C1)O2. The predicted molar refractivity (Wildman–Crippen MR) is 75.6 cm³/mol. The second-order valence-corrected chi connectivity index (χ2v) is 6.14. The molecule has 4 rings (SSSR count). The van der Waals surface area contributed by atoms with Crippen molar-refractivity contribution in [3.05, 3.63) is 29.8 Å². The molecule has 2 atom stereocenters. The van der Waals surface area contributed by atoms with Crippen molar-refractivity contribution < 1.29 is 4.74 Å². The van der Waals surface area contributed by atoms with Crippen molar-refractivity contribution in [2.24, 2.45) is 0 Å². The van der Waals surface area contributed by atoms with Crippen LogP contribution in [0.15, 0.2) is 24.3 Å². The second-order valence-electron chi connectivity index (χ2n) is 6.14. The quantitative estimate of drug-likeness (QED) is 0.804. The van der Waals surface area contributed by atoms with E-state index < -0.39 is 0 Å². The van der Waals surface area contributed by atoms with Crippen molar-refractivity contribution in [2.75, 3.05) is 32.7 Å². The van der Waals surface area contributed by atoms with Crippen molar-refractivity contribution in [1.29, 1.82) is 0 Å². The van der Waals surface area contributed by atoms with E-state index >= 15 is 0 Å². The fourth-order valence-corrected chi connectivity index (χ4v) is 3.87. The van der Waals surface area contributed by atoms with Crippen molar-refractivity contribution in [3.63, 3.8) is 0 Å². The lowest BCUT2D eigenvalue weighted by Gasteiger charge is -2.38. The minimum absolute atomic E-state index is 0.366. The first-order chi connectivity index (χ1) is 9.38. The van der Waals surface area contributed by atoms with Crippen molar-refractivity contribution >= 4 is 0 Å². The largest absolute Gasteiger partial charge is 0.488 e. The van der Waals surface area contributed by atoms with E-state index in [0.29, 0.717) is 6.10 Å². The Morgan fingerprint density at radius 3 is 3.05 bits per heavy atom. The lowest BCUT2D eigenvalue weighted by molar-refractivity contribution is 0.0725. The summed E-state index contributed by atoms with van der Waals surface area (Å²) in [6.07, 6.45) is 4.23. The summed E-state index contributed by atoms with van der Waals surface area (Å²) in [6.45, 7) is 6.14. The molecule has 1 aromatic rings. The molecular formula is C16H22N2O. The fraction of sp³-hybridized carbons (Fsp3) is 0.625. The van der Waals surface area contributed by atoms with E-state index in [1.54, 1.807) is 0 Å². The molecule has 3 heteroatoms. The highest BCUT2D eigenvalue weighted by molar-refractivity contribution is 5.37. The van der Waals surface area contributed by atoms with E-state index in [9.17, 15) is 0 Å². The number of fused-ring (bicyclic) bond motifs is 2. The molecule has 0 saturated carbocycles. The monoisotopic (exact) mass is 258 g/mol. The van der Waals surface area contributed by atoms with Gasteiger partial charge in [-0.25, -0.2) is 0 Å². The number of benzene rings is 1. The minimum atomic E-state index is 0.366. The van der Waals surface area contributed by atoms with Crippen molar-refractivity contribution in [2.45, 2.75) is 31.4 Å². The van der Waals surface area contributed by atoms with Crippen LogP contribution in [-0.2, 0) is 6.42 Å². The molecule has 3 heterocycles. The summed E-state index contributed by atoms with van der Waals surface area (Å²) in [5.41, 5.74) is 1.38. The summed E-state index contributed by atoms with van der Waals surface area (Å²) in [4.78, 5) is 5.28. The van der Waals surface area contributed by atoms with Crippen LogP contribution in [0.5, 0.6) is 5.75 Å². The summed E-state index contributed by atoms with van der Waals surface area (Å²) in [5.74, 6) is 1.10. The highest BCUT2D eigenvalue weighted by Gasteiger charge is 2.32. The van der Waals surface area contributed by atoms with Crippen LogP contribution in [0.1, 0.15) is 18.4 Å². The smallest absolute Gasteiger partial charge is 0.123 e. The topological polar surface area (TPSA) is 15.7 Å². The summed E-state index contributed by atoms with van der Waals surface area (Å²) < 4.78 is 6.07. The average molecular weight is 258 g/mol. The van der Waals surface area contributed by atoms with Gasteiger partial charge in [-0.3, -0.25) is 9.80 Å². The Hall–Kier alpha value is -1.06. The van der Waals surface area contributed by atoms with E-state index in [2.05, 4.69) is 34.1 Å². The van der Waals surface area contributed by atoms with Gasteiger partial charge in [0.05, 0.1) is 0 Å². The Labute approximate surface area is 115 Å². The first-order valence-electron chi connectivity index (χ1n) is 7.59. The molecular weight excluding hydrogens is 236 g/mol. The third-order valence-electron chi connectivity index (χ3n) is 4.85. The number of hydrogen-bond acceptors (Lipinski definition) is 3. The molecule has 3 aliphatic heterocycles. The molecule has 2 saturated heterocycles. The van der Waals surface area contributed by atoms with E-state index in [4.69, 9.17) is 4.74 Å². The van der Waals surface area contributed by atoms with Crippen LogP contribution in [0, 0.1) is 0 Å². The average Bonchev–Trinajstić information content (AvgIpc) is 3.03. The Morgan fingerprint density at radius 1 is 1.16 bits per heavy atom. The molecule has 0 spiro atoms. The fourth-order valence-electron chi connectivity index (χ4n) is 3.87. The maximum Gasteiger partial charge on any atom is 0.123 e. The van der Waals surface area contributed by atoms with Gasteiger partial charge in [0, 0.05) is 38.6 Å². The first-order valence-corrected chi connectivity index (χ1v) is 7.59. The summed E-state index contributed by atoms with van der Waals surface area (Å²) in [5, 5.41) is 0. The van der Waals surface area contributed by atoms with Gasteiger partial charge in [0.25, 0.3) is 0 Å². The van der Waals surface area contributed by atoms with E-state index in [1.165, 1.54) is 44.6 Å². The van der Waals surface area contributed by atoms with Crippen LogP contribution < -0.4 is 4.74 Å². The summed E-state index contributed by atoms with van der Waals surface area (Å²) in [7, 11) is 0. The highest BCUT2D eigenvalue weighted by Crippen LogP contribution is 2.29. The van der Waals surface area contributed by atoms with E-state index in [1.807, 2.05) is 0 Å². The Morgan fingerprint density at radius 2 is 2.11 bits per heavy atom. The van der Waals surface area contributed by atoms with Gasteiger partial charge in [0.1, 0.15) is 11.9 Å². The van der Waals surface area contributed by atoms with Crippen LogP contribution >= 0.6 is 0 Å². The number of piperazine rings is 1. The summed E-state index contributed by atoms with van der Waals surface area (Å²) >= 11 is 0. The predicted octanol–water partition coefficient (Wildman–Crippen LogP) is 1.77. The van der Waals surface area contributed by atoms with Crippen LogP contribution in [0.3, 0.4) is 0 Å². The molecule has 3 nitrogen and oxygen atoms in total. The summed E-state index contributed by atoms with van der Waals surface area (Å²) in [6, 6.07) is 9.30. The maximum atomic E-state index is 6.07. The molecule has 0 N–H and O–H groups in total. The molecule has 1 aromatic carbocycles. The molecule has 0 aromatic heterocycles. The molecule has 3 aliphatic rings. The third kappa shape index (κ3) is 2.26. The molecule has 19 heavy (non-hydrogen) atoms. The zero-order valence-corrected chi connectivity index (χ0v) is 11.4. The third-order valence-corrected chi connectivity index (χ3v) is 4.85. The zero-order valence-electron chi connectivity index (χ0n) is 11.4. The normalized spacial score (nSPS) is 30.9. The van der Waals surface area contributed by atoms with Gasteiger partial charge >= 0.3 is 0 Å². The van der Waals surface area contributed by atoms with Crippen LogP contribution in [-0.4, -0.2) is 54.7 Å². The van der Waals surface area contributed by atoms with Crippen LogP contribution in [0.2, 0.25) is 0 Å². The molecule has 0 radical (unpaired) electrons. The van der Waals surface area contributed by atoms with Gasteiger partial charge in [0.2, 0.25) is 0 Å². The van der Waals surface area contributed by atoms with Crippen molar-refractivity contribution in [3.8, 4) is 5.75 Å². The highest BCUT2D eigenvalue weighted by atomic mass is 16.5. The van der Waals surface area contributed by atoms with Crippen LogP contribution in [0.4, 0.5) is 0 Å². The molecule has 0 amide bonds. The first kappa shape index (κ1) is 11.7. The molecule has 0 bridgehead atoms. The molecule has 2 fully saturated rings. The van der Waals surface area contributed by atoms with Crippen molar-refractivity contribution in [1.82, 2.24) is 9.80 Å². The Balaban J connectivity index is 1.36. The van der Waals surface area contributed by atoms with Gasteiger partial charge in [-0.15, -0.1) is 0 Å². The minimum Gasteiger partial charge on any atom is -0.488 e. The molecule has 102 valence electrons. The van der Waals surface area contributed by atoms with Crippen LogP contribution in [0.25, 0.3) is 0 Å². The number of ether oxygens (including phenoxy) is 1. The van der Waals surface area contributed by atoms with Gasteiger partial charge in [-0.05, 0) is 31.0 Å². The van der Waals surface area contributed by atoms with Gasteiger partial charge in [-0.2, -0.15) is 0 Å². The zero-order chi connectivity index (χ0) is 12.7. The molecule has 2 unspecified atom stereocenters. The number of hydrogen-bond donors (Lipinski definition) is 0. The maximum absolute atomic E-state index is 6.07. The number of nitrogens with zero attached hydrogens (tertiary/aromatic N) is 2. The van der Waals surface area contributed by atoms with Gasteiger partial charge in [-0.1, -0.05) is 18.2 Å². The number of para-hydroxylation sites is 1. The Bertz CT molecular complexity index is 437. The lowest BCUT2D eigenvalue weighted by atomic mass is 10.1. The van der Waals surface area contributed by atoms with Gasteiger partial charge in [0.15, 0.2) is 0 Å². The standard InChI is InChI=1S/C16H22N2O/c1-2-6-16-13(4-1)10-15(19-16)12-17-8-9-18-7-3-5-14(18)11-17/h1-2,4,6,14-15H,3,5,7-12H2. The lowest BCUT2D eigenvalue weighted by Crippen LogP contribution is -2.52. The van der Waals surface area contributed by atoms with E-state index in [0.717, 1.165) is 24.8 Å².